The Hall–Kier alpha value is -2.85. The molecule has 0 aliphatic carbocycles. The number of piperidine rings is 1. The SMILES string of the molecule is O=C(c1cc(C(F)(F)F)cc(C(F)(F)F)c1)N1CCCC(Oc2ncccn2)C1. The van der Waals surface area contributed by atoms with E-state index in [2.05, 4.69) is 9.97 Å². The molecule has 0 N–H and O–H groups in total. The number of benzene rings is 1. The highest BCUT2D eigenvalue weighted by atomic mass is 19.4. The molecule has 156 valence electrons. The van der Waals surface area contributed by atoms with Gasteiger partial charge in [0.2, 0.25) is 0 Å². The lowest BCUT2D eigenvalue weighted by molar-refractivity contribution is -0.143. The summed E-state index contributed by atoms with van der Waals surface area (Å²) in [6.07, 6.45) is -6.65. The van der Waals surface area contributed by atoms with Crippen molar-refractivity contribution in [3.05, 3.63) is 53.3 Å². The van der Waals surface area contributed by atoms with Crippen molar-refractivity contribution in [3.8, 4) is 6.01 Å². The number of carbonyl (C=O) groups is 1. The van der Waals surface area contributed by atoms with Crippen LogP contribution >= 0.6 is 0 Å². The second-order valence-corrected chi connectivity index (χ2v) is 6.46. The number of likely N-dealkylation sites (tertiary alicyclic amines) is 1. The van der Waals surface area contributed by atoms with E-state index in [0.29, 0.717) is 25.0 Å². The van der Waals surface area contributed by atoms with Crippen LogP contribution in [0.25, 0.3) is 0 Å². The highest BCUT2D eigenvalue weighted by Gasteiger charge is 2.38. The summed E-state index contributed by atoms with van der Waals surface area (Å²) < 4.78 is 83.7. The molecule has 1 amide bonds. The minimum atomic E-state index is -5.02. The lowest BCUT2D eigenvalue weighted by Crippen LogP contribution is -2.44. The molecular weight excluding hydrogens is 404 g/mol. The maximum Gasteiger partial charge on any atom is 0.416 e. The third-order valence-electron chi connectivity index (χ3n) is 4.31. The van der Waals surface area contributed by atoms with Crippen molar-refractivity contribution in [2.45, 2.75) is 31.3 Å². The standard InChI is InChI=1S/C18H15F6N3O2/c19-17(20,21)12-7-11(8-13(9-12)18(22,23)24)15(28)27-6-1-3-14(10-27)29-16-25-4-2-5-26-16/h2,4-5,7-9,14H,1,3,6,10H2. The predicted octanol–water partition coefficient (Wildman–Crippen LogP) is 4.20. The Morgan fingerprint density at radius 2 is 1.59 bits per heavy atom. The fourth-order valence-corrected chi connectivity index (χ4v) is 2.98. The molecule has 1 fully saturated rings. The number of ether oxygens (including phenoxy) is 1. The summed E-state index contributed by atoms with van der Waals surface area (Å²) in [6.45, 7) is 0.181. The highest BCUT2D eigenvalue weighted by molar-refractivity contribution is 5.94. The van der Waals surface area contributed by atoms with Crippen molar-refractivity contribution in [2.75, 3.05) is 13.1 Å². The zero-order valence-electron chi connectivity index (χ0n) is 14.8. The van der Waals surface area contributed by atoms with Gasteiger partial charge in [0.05, 0.1) is 17.7 Å². The van der Waals surface area contributed by atoms with Gasteiger partial charge in [0.25, 0.3) is 5.91 Å². The van der Waals surface area contributed by atoms with E-state index in [1.54, 1.807) is 6.07 Å². The van der Waals surface area contributed by atoms with E-state index in [-0.39, 0.29) is 25.2 Å². The third kappa shape index (κ3) is 5.15. The van der Waals surface area contributed by atoms with Crippen LogP contribution in [0.4, 0.5) is 26.3 Å². The first kappa shape index (κ1) is 20.9. The Balaban J connectivity index is 1.83. The molecule has 11 heteroatoms. The van der Waals surface area contributed by atoms with Crippen LogP contribution in [0.2, 0.25) is 0 Å². The molecule has 29 heavy (non-hydrogen) atoms. The molecule has 1 unspecified atom stereocenters. The van der Waals surface area contributed by atoms with Crippen LogP contribution in [0.5, 0.6) is 6.01 Å². The van der Waals surface area contributed by atoms with Crippen molar-refractivity contribution in [2.24, 2.45) is 0 Å². The van der Waals surface area contributed by atoms with Crippen LogP contribution in [0.15, 0.2) is 36.7 Å². The number of nitrogens with zero attached hydrogens (tertiary/aromatic N) is 3. The smallest absolute Gasteiger partial charge is 0.416 e. The molecule has 3 rings (SSSR count). The van der Waals surface area contributed by atoms with Crippen LogP contribution in [-0.4, -0.2) is 40.0 Å². The molecule has 0 spiro atoms. The number of carbonyl (C=O) groups excluding carboxylic acids is 1. The van der Waals surface area contributed by atoms with Crippen molar-refractivity contribution < 1.29 is 35.9 Å². The van der Waals surface area contributed by atoms with Gasteiger partial charge in [-0.3, -0.25) is 4.79 Å². The van der Waals surface area contributed by atoms with E-state index in [1.807, 2.05) is 0 Å². The average molecular weight is 419 g/mol. The summed E-state index contributed by atoms with van der Waals surface area (Å²) in [4.78, 5) is 21.6. The van der Waals surface area contributed by atoms with Crippen LogP contribution in [-0.2, 0) is 12.4 Å². The molecule has 5 nitrogen and oxygen atoms in total. The van der Waals surface area contributed by atoms with Crippen molar-refractivity contribution in [3.63, 3.8) is 0 Å². The molecule has 0 radical (unpaired) electrons. The average Bonchev–Trinajstić information content (AvgIpc) is 2.67. The normalized spacial score (nSPS) is 17.9. The topological polar surface area (TPSA) is 55.3 Å². The fourth-order valence-electron chi connectivity index (χ4n) is 2.98. The Kier molecular flexibility index (Phi) is 5.67. The minimum Gasteiger partial charge on any atom is -0.458 e. The molecule has 2 heterocycles. The summed E-state index contributed by atoms with van der Waals surface area (Å²) in [7, 11) is 0. The second kappa shape index (κ2) is 7.88. The van der Waals surface area contributed by atoms with E-state index in [4.69, 9.17) is 4.74 Å². The largest absolute Gasteiger partial charge is 0.458 e. The van der Waals surface area contributed by atoms with E-state index in [0.717, 1.165) is 0 Å². The van der Waals surface area contributed by atoms with Gasteiger partial charge in [0.1, 0.15) is 6.10 Å². The van der Waals surface area contributed by atoms with Crippen LogP contribution in [0.1, 0.15) is 34.3 Å². The summed E-state index contributed by atoms with van der Waals surface area (Å²) >= 11 is 0. The first-order chi connectivity index (χ1) is 13.5. The Morgan fingerprint density at radius 3 is 2.14 bits per heavy atom. The molecule has 1 aliphatic heterocycles. The maximum atomic E-state index is 13.0. The van der Waals surface area contributed by atoms with Crippen LogP contribution in [0, 0.1) is 0 Å². The van der Waals surface area contributed by atoms with E-state index in [1.165, 1.54) is 17.3 Å². The van der Waals surface area contributed by atoms with E-state index in [9.17, 15) is 31.1 Å². The zero-order valence-corrected chi connectivity index (χ0v) is 14.8. The molecular formula is C18H15F6N3O2. The van der Waals surface area contributed by atoms with Crippen LogP contribution in [0.3, 0.4) is 0 Å². The predicted molar refractivity (Wildman–Crippen MR) is 88.0 cm³/mol. The van der Waals surface area contributed by atoms with Gasteiger partial charge in [-0.15, -0.1) is 0 Å². The zero-order chi connectivity index (χ0) is 21.2. The Labute approximate surface area is 161 Å². The quantitative estimate of drug-likeness (QED) is 0.700. The summed E-state index contributed by atoms with van der Waals surface area (Å²) in [6, 6.07) is 2.51. The van der Waals surface area contributed by atoms with Gasteiger partial charge in [0.15, 0.2) is 0 Å². The fraction of sp³-hybridized carbons (Fsp3) is 0.389. The molecule has 0 bridgehead atoms. The van der Waals surface area contributed by atoms with E-state index < -0.39 is 41.1 Å². The summed E-state index contributed by atoms with van der Waals surface area (Å²) in [5.74, 6) is -0.927. The number of rotatable bonds is 3. The molecule has 1 aromatic carbocycles. The first-order valence-electron chi connectivity index (χ1n) is 8.56. The van der Waals surface area contributed by atoms with Crippen molar-refractivity contribution in [1.82, 2.24) is 14.9 Å². The number of halogens is 6. The van der Waals surface area contributed by atoms with Gasteiger partial charge in [-0.1, -0.05) is 0 Å². The van der Waals surface area contributed by atoms with Crippen LogP contribution < -0.4 is 4.74 Å². The number of alkyl halides is 6. The van der Waals surface area contributed by atoms with Crippen molar-refractivity contribution >= 4 is 5.91 Å². The first-order valence-corrected chi connectivity index (χ1v) is 8.56. The van der Waals surface area contributed by atoms with Gasteiger partial charge in [-0.05, 0) is 37.1 Å². The van der Waals surface area contributed by atoms with Gasteiger partial charge < -0.3 is 9.64 Å². The second-order valence-electron chi connectivity index (χ2n) is 6.46. The highest BCUT2D eigenvalue weighted by Crippen LogP contribution is 2.36. The van der Waals surface area contributed by atoms with Gasteiger partial charge >= 0.3 is 18.4 Å². The Bertz CT molecular complexity index is 838. The molecule has 1 aliphatic rings. The van der Waals surface area contributed by atoms with Gasteiger partial charge in [0, 0.05) is 24.5 Å². The van der Waals surface area contributed by atoms with Crippen molar-refractivity contribution in [1.29, 1.82) is 0 Å². The minimum absolute atomic E-state index is 0.00527. The number of hydrogen-bond donors (Lipinski definition) is 0. The monoisotopic (exact) mass is 419 g/mol. The molecule has 0 saturated carbocycles. The Morgan fingerprint density at radius 1 is 1.00 bits per heavy atom. The third-order valence-corrected chi connectivity index (χ3v) is 4.31. The number of amides is 1. The molecule has 1 saturated heterocycles. The lowest BCUT2D eigenvalue weighted by Gasteiger charge is -2.32. The lowest BCUT2D eigenvalue weighted by atomic mass is 10.0. The molecule has 1 atom stereocenters. The summed E-state index contributed by atoms with van der Waals surface area (Å²) in [5, 5.41) is 0. The molecule has 1 aromatic heterocycles. The van der Waals surface area contributed by atoms with Gasteiger partial charge in [-0.2, -0.15) is 26.3 Å². The number of hydrogen-bond acceptors (Lipinski definition) is 4. The maximum absolute atomic E-state index is 13.0. The summed E-state index contributed by atoms with van der Waals surface area (Å²) in [5.41, 5.74) is -3.74. The molecule has 2 aromatic rings. The number of aromatic nitrogens is 2. The van der Waals surface area contributed by atoms with E-state index >= 15 is 0 Å². The van der Waals surface area contributed by atoms with Gasteiger partial charge in [-0.25, -0.2) is 9.97 Å².